The fourth-order valence-electron chi connectivity index (χ4n) is 7.51. The Labute approximate surface area is 255 Å². The second-order valence-electron chi connectivity index (χ2n) is 11.9. The van der Waals surface area contributed by atoms with Crippen LogP contribution < -0.4 is 4.74 Å². The van der Waals surface area contributed by atoms with Crippen molar-refractivity contribution in [2.24, 2.45) is 24.8 Å². The summed E-state index contributed by atoms with van der Waals surface area (Å²) in [6.45, 7) is 2.35. The highest BCUT2D eigenvalue weighted by Gasteiger charge is 2.43. The average molecular weight is 595 g/mol. The van der Waals surface area contributed by atoms with Gasteiger partial charge in [0.05, 0.1) is 17.0 Å². The van der Waals surface area contributed by atoms with Crippen LogP contribution in [-0.4, -0.2) is 30.9 Å². The summed E-state index contributed by atoms with van der Waals surface area (Å²) in [6, 6.07) is 24.7. The number of hydrogen-bond acceptors (Lipinski definition) is 5. The number of ether oxygens (including phenoxy) is 1. The summed E-state index contributed by atoms with van der Waals surface area (Å²) in [5, 5.41) is 10.7. The number of halogens is 1. The van der Waals surface area contributed by atoms with Gasteiger partial charge in [-0.05, 0) is 67.7 Å². The molecule has 8 heteroatoms. The molecule has 5 aromatic rings. The molecule has 0 aliphatic heterocycles. The van der Waals surface area contributed by atoms with E-state index in [0.717, 1.165) is 33.6 Å². The maximum absolute atomic E-state index is 14.3. The van der Waals surface area contributed by atoms with Crippen molar-refractivity contribution < 1.29 is 13.9 Å². The Morgan fingerprint density at radius 2 is 1.77 bits per heavy atom. The van der Waals surface area contributed by atoms with Crippen LogP contribution in [0.25, 0.3) is 22.2 Å². The number of aryl methyl sites for hydroxylation is 1. The minimum absolute atomic E-state index is 0.0481. The van der Waals surface area contributed by atoms with Crippen molar-refractivity contribution in [2.75, 3.05) is 5.75 Å². The summed E-state index contributed by atoms with van der Waals surface area (Å²) in [4.78, 5) is 14.1. The third-order valence-corrected chi connectivity index (χ3v) is 10.5. The summed E-state index contributed by atoms with van der Waals surface area (Å²) in [6.07, 6.45) is 5.09. The minimum Gasteiger partial charge on any atom is -0.483 e. The highest BCUT2D eigenvalue weighted by molar-refractivity contribution is 7.99. The summed E-state index contributed by atoms with van der Waals surface area (Å²) in [5.74, 6) is 2.75. The van der Waals surface area contributed by atoms with Crippen LogP contribution in [0.1, 0.15) is 54.8 Å². The number of Topliss-reactive ketones (excluding diaryl/α,β-unsaturated/α-hetero) is 1. The first kappa shape index (κ1) is 27.9. The molecule has 2 saturated carbocycles. The smallest absolute Gasteiger partial charge is 0.192 e. The van der Waals surface area contributed by atoms with Gasteiger partial charge in [-0.3, -0.25) is 9.36 Å². The second-order valence-corrected chi connectivity index (χ2v) is 12.9. The minimum atomic E-state index is -0.404. The van der Waals surface area contributed by atoms with Crippen molar-refractivity contribution in [2.45, 2.75) is 50.4 Å². The van der Waals surface area contributed by atoms with Crippen molar-refractivity contribution >= 4 is 28.4 Å². The molecule has 2 bridgehead atoms. The number of para-hydroxylation sites is 2. The number of rotatable bonds is 10. The molecule has 4 atom stereocenters. The van der Waals surface area contributed by atoms with Gasteiger partial charge in [0.15, 0.2) is 28.3 Å². The van der Waals surface area contributed by atoms with Crippen molar-refractivity contribution in [3.8, 4) is 17.0 Å². The monoisotopic (exact) mass is 594 g/mol. The highest BCUT2D eigenvalue weighted by atomic mass is 32.2. The van der Waals surface area contributed by atoms with Crippen LogP contribution in [0.2, 0.25) is 0 Å². The summed E-state index contributed by atoms with van der Waals surface area (Å²) in [7, 11) is 2.02. The first-order chi connectivity index (χ1) is 21.0. The molecule has 2 fully saturated rings. The van der Waals surface area contributed by atoms with Crippen LogP contribution in [0.5, 0.6) is 5.75 Å². The van der Waals surface area contributed by atoms with Gasteiger partial charge in [0, 0.05) is 24.0 Å². The number of thioether (sulfide) groups is 1. The molecule has 2 aliphatic carbocycles. The number of aromatic nitrogens is 4. The molecule has 6 nitrogen and oxygen atoms in total. The first-order valence-corrected chi connectivity index (χ1v) is 16.1. The van der Waals surface area contributed by atoms with Gasteiger partial charge < -0.3 is 9.30 Å². The van der Waals surface area contributed by atoms with Crippen LogP contribution in [-0.2, 0) is 13.7 Å². The van der Waals surface area contributed by atoms with E-state index in [1.165, 1.54) is 43.5 Å². The molecule has 2 aliphatic rings. The van der Waals surface area contributed by atoms with Gasteiger partial charge >= 0.3 is 0 Å². The Bertz CT molecular complexity index is 1780. The fraction of sp³-hybridized carbons (Fsp3) is 0.343. The number of carbonyl (C=O) groups is 1. The van der Waals surface area contributed by atoms with Crippen LogP contribution in [0, 0.1) is 23.6 Å². The maximum Gasteiger partial charge on any atom is 0.192 e. The molecule has 0 spiro atoms. The molecule has 43 heavy (non-hydrogen) atoms. The van der Waals surface area contributed by atoms with E-state index >= 15 is 0 Å². The normalized spacial score (nSPS) is 20.1. The summed E-state index contributed by atoms with van der Waals surface area (Å²) in [5.41, 5.74) is 3.68. The summed E-state index contributed by atoms with van der Waals surface area (Å²) >= 11 is 1.43. The van der Waals surface area contributed by atoms with E-state index < -0.39 is 5.82 Å². The van der Waals surface area contributed by atoms with Gasteiger partial charge in [0.2, 0.25) is 0 Å². The van der Waals surface area contributed by atoms with Crippen LogP contribution in [0.15, 0.2) is 84.0 Å². The molecular weight excluding hydrogens is 559 g/mol. The number of nitrogens with zero attached hydrogens (tertiary/aromatic N) is 4. The Morgan fingerprint density at radius 1 is 1.00 bits per heavy atom. The SMILES string of the molecule is C[C@@H]([C@H]1C[C@@H]2CC[C@@H]1C2)n1c(COc2ccccc2F)nnc1SCC(=O)c1c(-c2ccccc2)n(C)c2ccccc12. The highest BCUT2D eigenvalue weighted by Crippen LogP contribution is 2.52. The standard InChI is InChI=1S/C35H35FN4O2S/c1-22(27-19-23-16-17-25(27)18-23)40-32(20-42-31-15-9-7-13-28(31)36)37-38-35(40)43-21-30(41)33-26-12-6-8-14-29(26)39(2)34(33)24-10-4-3-5-11-24/h3-15,22-23,25,27H,16-21H2,1-2H3/t22-,23+,25+,27+/m0/s1. The average Bonchev–Trinajstić information content (AvgIpc) is 3.83. The lowest BCUT2D eigenvalue weighted by molar-refractivity contribution is 0.102. The van der Waals surface area contributed by atoms with Crippen molar-refractivity contribution in [1.82, 2.24) is 19.3 Å². The van der Waals surface area contributed by atoms with E-state index in [4.69, 9.17) is 4.74 Å². The Morgan fingerprint density at radius 3 is 2.53 bits per heavy atom. The lowest BCUT2D eigenvalue weighted by atomic mass is 9.84. The molecule has 220 valence electrons. The molecular formula is C35H35FN4O2S. The zero-order valence-electron chi connectivity index (χ0n) is 24.4. The van der Waals surface area contributed by atoms with E-state index in [2.05, 4.69) is 32.3 Å². The van der Waals surface area contributed by atoms with Gasteiger partial charge in [-0.15, -0.1) is 10.2 Å². The molecule has 2 aromatic heterocycles. The lowest BCUT2D eigenvalue weighted by Crippen LogP contribution is -2.24. The third kappa shape index (κ3) is 5.16. The zero-order valence-corrected chi connectivity index (χ0v) is 25.3. The lowest BCUT2D eigenvalue weighted by Gasteiger charge is -2.30. The molecule has 3 aromatic carbocycles. The number of hydrogen-bond donors (Lipinski definition) is 0. The Kier molecular flexibility index (Phi) is 7.55. The van der Waals surface area contributed by atoms with E-state index in [-0.39, 0.29) is 29.9 Å². The van der Waals surface area contributed by atoms with E-state index in [1.807, 2.05) is 55.6 Å². The predicted molar refractivity (Wildman–Crippen MR) is 168 cm³/mol. The third-order valence-electron chi connectivity index (χ3n) is 9.51. The quantitative estimate of drug-likeness (QED) is 0.121. The molecule has 0 saturated heterocycles. The van der Waals surface area contributed by atoms with Crippen molar-refractivity contribution in [1.29, 1.82) is 0 Å². The number of carbonyl (C=O) groups excluding carboxylic acids is 1. The second kappa shape index (κ2) is 11.6. The molecule has 2 heterocycles. The topological polar surface area (TPSA) is 61.9 Å². The van der Waals surface area contributed by atoms with Gasteiger partial charge in [-0.25, -0.2) is 4.39 Å². The largest absolute Gasteiger partial charge is 0.483 e. The van der Waals surface area contributed by atoms with Crippen LogP contribution >= 0.6 is 11.8 Å². The van der Waals surface area contributed by atoms with E-state index in [0.29, 0.717) is 22.8 Å². The van der Waals surface area contributed by atoms with Gasteiger partial charge in [0.25, 0.3) is 0 Å². The van der Waals surface area contributed by atoms with Crippen LogP contribution in [0.4, 0.5) is 4.39 Å². The zero-order chi connectivity index (χ0) is 29.5. The summed E-state index contributed by atoms with van der Waals surface area (Å²) < 4.78 is 24.5. The molecule has 0 unspecified atom stereocenters. The number of ketones is 1. The van der Waals surface area contributed by atoms with Crippen LogP contribution in [0.3, 0.4) is 0 Å². The maximum atomic E-state index is 14.3. The molecule has 0 N–H and O–H groups in total. The Balaban J connectivity index is 1.19. The molecule has 0 amide bonds. The van der Waals surface area contributed by atoms with Gasteiger partial charge in [-0.1, -0.05) is 78.8 Å². The first-order valence-electron chi connectivity index (χ1n) is 15.1. The van der Waals surface area contributed by atoms with Gasteiger partial charge in [-0.2, -0.15) is 0 Å². The number of benzene rings is 3. The van der Waals surface area contributed by atoms with E-state index in [1.54, 1.807) is 18.2 Å². The van der Waals surface area contributed by atoms with Crippen molar-refractivity contribution in [3.05, 3.63) is 96.1 Å². The van der Waals surface area contributed by atoms with Crippen molar-refractivity contribution in [3.63, 3.8) is 0 Å². The van der Waals surface area contributed by atoms with Gasteiger partial charge in [0.1, 0.15) is 6.61 Å². The Hall–Kier alpha value is -3.91. The predicted octanol–water partition coefficient (Wildman–Crippen LogP) is 8.13. The number of fused-ring (bicyclic) bond motifs is 3. The fourth-order valence-corrected chi connectivity index (χ4v) is 8.42. The molecule has 7 rings (SSSR count). The molecule has 0 radical (unpaired) electrons. The van der Waals surface area contributed by atoms with E-state index in [9.17, 15) is 9.18 Å².